The lowest BCUT2D eigenvalue weighted by molar-refractivity contribution is -0.129. The van der Waals surface area contributed by atoms with Crippen LogP contribution in [-0.4, -0.2) is 49.1 Å². The van der Waals surface area contributed by atoms with Crippen LogP contribution >= 0.6 is 0 Å². The molecule has 1 heterocycles. The maximum atomic E-state index is 12.2. The Balaban J connectivity index is 2.07. The van der Waals surface area contributed by atoms with Crippen molar-refractivity contribution < 1.29 is 4.79 Å². The molecule has 0 aromatic carbocycles. The zero-order valence-corrected chi connectivity index (χ0v) is 12.6. The number of piperazine rings is 1. The third kappa shape index (κ3) is 3.48. The lowest BCUT2D eigenvalue weighted by Crippen LogP contribution is -2.62. The molecule has 0 bridgehead atoms. The summed E-state index contributed by atoms with van der Waals surface area (Å²) in [5.41, 5.74) is 0. The fourth-order valence-corrected chi connectivity index (χ4v) is 3.62. The van der Waals surface area contributed by atoms with Crippen LogP contribution in [0.5, 0.6) is 0 Å². The van der Waals surface area contributed by atoms with Gasteiger partial charge in [0.25, 0.3) is 0 Å². The summed E-state index contributed by atoms with van der Waals surface area (Å²) in [5.74, 6) is 1.71. The third-order valence-corrected chi connectivity index (χ3v) is 4.78. The first-order valence-electron chi connectivity index (χ1n) is 7.87. The first-order chi connectivity index (χ1) is 9.13. The molecule has 1 saturated heterocycles. The van der Waals surface area contributed by atoms with E-state index in [4.69, 9.17) is 0 Å². The summed E-state index contributed by atoms with van der Waals surface area (Å²) in [4.78, 5) is 14.7. The summed E-state index contributed by atoms with van der Waals surface area (Å²) in [6, 6.07) is 0.602. The summed E-state index contributed by atoms with van der Waals surface area (Å²) in [6.07, 6.45) is 3.89. The first-order valence-corrected chi connectivity index (χ1v) is 7.87. The highest BCUT2D eigenvalue weighted by atomic mass is 16.2. The molecule has 19 heavy (non-hydrogen) atoms. The van der Waals surface area contributed by atoms with Gasteiger partial charge in [-0.3, -0.25) is 9.69 Å². The first kappa shape index (κ1) is 14.8. The van der Waals surface area contributed by atoms with Crippen LogP contribution in [0.3, 0.4) is 0 Å². The monoisotopic (exact) mass is 267 g/mol. The van der Waals surface area contributed by atoms with Gasteiger partial charge < -0.3 is 10.6 Å². The molecule has 110 valence electrons. The molecule has 1 saturated carbocycles. The average Bonchev–Trinajstić information content (AvgIpc) is 2.42. The second-order valence-corrected chi connectivity index (χ2v) is 6.32. The van der Waals surface area contributed by atoms with Crippen LogP contribution in [0.1, 0.15) is 40.0 Å². The van der Waals surface area contributed by atoms with Gasteiger partial charge in [-0.2, -0.15) is 0 Å². The van der Waals surface area contributed by atoms with Crippen molar-refractivity contribution in [2.24, 2.45) is 11.8 Å². The number of hydrogen-bond acceptors (Lipinski definition) is 3. The number of rotatable bonds is 3. The van der Waals surface area contributed by atoms with Gasteiger partial charge in [0.05, 0.1) is 0 Å². The summed E-state index contributed by atoms with van der Waals surface area (Å²) < 4.78 is 0. The number of carbonyl (C=O) groups excluding carboxylic acids is 1. The van der Waals surface area contributed by atoms with Crippen molar-refractivity contribution in [3.8, 4) is 0 Å². The van der Waals surface area contributed by atoms with Crippen LogP contribution in [0.2, 0.25) is 0 Å². The van der Waals surface area contributed by atoms with Crippen molar-refractivity contribution in [3.05, 3.63) is 0 Å². The standard InChI is InChI=1S/C15H29N3O/c1-4-17-15(19)14-10-16-7-8-18(14)13-9-11(2)5-6-12(13)3/h11-14,16H,4-10H2,1-3H3,(H,17,19). The molecule has 0 spiro atoms. The second kappa shape index (κ2) is 6.71. The lowest BCUT2D eigenvalue weighted by atomic mass is 9.78. The Bertz CT molecular complexity index is 308. The Morgan fingerprint density at radius 2 is 2.16 bits per heavy atom. The van der Waals surface area contributed by atoms with Crippen LogP contribution < -0.4 is 10.6 Å². The largest absolute Gasteiger partial charge is 0.355 e. The fourth-order valence-electron chi connectivity index (χ4n) is 3.62. The smallest absolute Gasteiger partial charge is 0.238 e. The summed E-state index contributed by atoms with van der Waals surface area (Å²) >= 11 is 0. The van der Waals surface area contributed by atoms with E-state index in [-0.39, 0.29) is 11.9 Å². The molecule has 0 aromatic rings. The molecule has 2 N–H and O–H groups in total. The zero-order valence-electron chi connectivity index (χ0n) is 12.6. The Hall–Kier alpha value is -0.610. The van der Waals surface area contributed by atoms with Crippen LogP contribution in [0.15, 0.2) is 0 Å². The van der Waals surface area contributed by atoms with Crippen molar-refractivity contribution in [1.82, 2.24) is 15.5 Å². The van der Waals surface area contributed by atoms with Gasteiger partial charge in [-0.05, 0) is 31.6 Å². The molecule has 2 fully saturated rings. The van der Waals surface area contributed by atoms with Crippen molar-refractivity contribution in [2.45, 2.75) is 52.1 Å². The molecule has 1 aliphatic carbocycles. The number of amides is 1. The Morgan fingerprint density at radius 3 is 2.89 bits per heavy atom. The molecular weight excluding hydrogens is 238 g/mol. The summed E-state index contributed by atoms with van der Waals surface area (Å²) in [6.45, 7) is 10.2. The van der Waals surface area contributed by atoms with Crippen LogP contribution in [0, 0.1) is 11.8 Å². The molecule has 0 radical (unpaired) electrons. The maximum Gasteiger partial charge on any atom is 0.238 e. The van der Waals surface area contributed by atoms with Gasteiger partial charge in [-0.25, -0.2) is 0 Å². The van der Waals surface area contributed by atoms with Gasteiger partial charge in [0.15, 0.2) is 0 Å². The molecule has 0 aromatic heterocycles. The highest BCUT2D eigenvalue weighted by molar-refractivity contribution is 5.82. The minimum Gasteiger partial charge on any atom is -0.355 e. The quantitative estimate of drug-likeness (QED) is 0.808. The number of carbonyl (C=O) groups is 1. The van der Waals surface area contributed by atoms with Crippen molar-refractivity contribution in [2.75, 3.05) is 26.2 Å². The van der Waals surface area contributed by atoms with Gasteiger partial charge in [-0.1, -0.05) is 20.3 Å². The van der Waals surface area contributed by atoms with E-state index in [1.165, 1.54) is 19.3 Å². The van der Waals surface area contributed by atoms with E-state index in [0.29, 0.717) is 12.0 Å². The van der Waals surface area contributed by atoms with Gasteiger partial charge >= 0.3 is 0 Å². The minimum atomic E-state index is 0.0199. The van der Waals surface area contributed by atoms with E-state index < -0.39 is 0 Å². The molecule has 4 nitrogen and oxygen atoms in total. The van der Waals surface area contributed by atoms with Crippen LogP contribution in [0.4, 0.5) is 0 Å². The normalized spacial score (nSPS) is 37.0. The Morgan fingerprint density at radius 1 is 1.37 bits per heavy atom. The molecule has 1 amide bonds. The summed E-state index contributed by atoms with van der Waals surface area (Å²) in [5, 5.41) is 6.36. The van der Waals surface area contributed by atoms with Crippen LogP contribution in [0.25, 0.3) is 0 Å². The maximum absolute atomic E-state index is 12.2. The Labute approximate surface area is 117 Å². The third-order valence-electron chi connectivity index (χ3n) is 4.78. The average molecular weight is 267 g/mol. The van der Waals surface area contributed by atoms with E-state index in [0.717, 1.165) is 32.1 Å². The fraction of sp³-hybridized carbons (Fsp3) is 0.933. The zero-order chi connectivity index (χ0) is 13.8. The van der Waals surface area contributed by atoms with E-state index in [1.807, 2.05) is 6.92 Å². The van der Waals surface area contributed by atoms with Crippen molar-refractivity contribution in [1.29, 1.82) is 0 Å². The van der Waals surface area contributed by atoms with Gasteiger partial charge in [0, 0.05) is 32.2 Å². The molecule has 4 heteroatoms. The molecule has 4 unspecified atom stereocenters. The number of nitrogens with one attached hydrogen (secondary N) is 2. The second-order valence-electron chi connectivity index (χ2n) is 6.32. The molecule has 4 atom stereocenters. The van der Waals surface area contributed by atoms with E-state index in [9.17, 15) is 4.79 Å². The molecule has 2 aliphatic rings. The SMILES string of the molecule is CCNC(=O)C1CNCCN1C1CC(C)CCC1C. The predicted molar refractivity (Wildman–Crippen MR) is 78.0 cm³/mol. The van der Waals surface area contributed by atoms with Crippen molar-refractivity contribution in [3.63, 3.8) is 0 Å². The van der Waals surface area contributed by atoms with Gasteiger partial charge in [0.2, 0.25) is 5.91 Å². The van der Waals surface area contributed by atoms with Gasteiger partial charge in [0.1, 0.15) is 6.04 Å². The number of likely N-dealkylation sites (N-methyl/N-ethyl adjacent to an activating group) is 1. The van der Waals surface area contributed by atoms with Gasteiger partial charge in [-0.15, -0.1) is 0 Å². The minimum absolute atomic E-state index is 0.0199. The van der Waals surface area contributed by atoms with E-state index >= 15 is 0 Å². The number of nitrogens with zero attached hydrogens (tertiary/aromatic N) is 1. The predicted octanol–water partition coefficient (Wildman–Crippen LogP) is 1.22. The van der Waals surface area contributed by atoms with E-state index in [1.54, 1.807) is 0 Å². The number of hydrogen-bond donors (Lipinski definition) is 2. The highest BCUT2D eigenvalue weighted by Crippen LogP contribution is 2.33. The van der Waals surface area contributed by atoms with Crippen LogP contribution in [-0.2, 0) is 4.79 Å². The molecule has 2 rings (SSSR count). The van der Waals surface area contributed by atoms with E-state index in [2.05, 4.69) is 29.4 Å². The Kier molecular flexibility index (Phi) is 5.22. The molecular formula is C15H29N3O. The topological polar surface area (TPSA) is 44.4 Å². The lowest BCUT2D eigenvalue weighted by Gasteiger charge is -2.46. The summed E-state index contributed by atoms with van der Waals surface area (Å²) in [7, 11) is 0. The molecule has 1 aliphatic heterocycles. The highest BCUT2D eigenvalue weighted by Gasteiger charge is 2.37. The van der Waals surface area contributed by atoms with Crippen molar-refractivity contribution >= 4 is 5.91 Å².